The molecule has 5 heteroatoms. The zero-order valence-corrected chi connectivity index (χ0v) is 12.4. The molecule has 1 aliphatic carbocycles. The molecule has 0 spiro atoms. The highest BCUT2D eigenvalue weighted by Crippen LogP contribution is 2.35. The van der Waals surface area contributed by atoms with Crippen LogP contribution in [0.2, 0.25) is 0 Å². The van der Waals surface area contributed by atoms with E-state index in [1.807, 2.05) is 11.8 Å². The molecule has 116 valence electrons. The quantitative estimate of drug-likeness (QED) is 0.924. The van der Waals surface area contributed by atoms with E-state index in [-0.39, 0.29) is 17.8 Å². The molecule has 1 aromatic carbocycles. The van der Waals surface area contributed by atoms with Gasteiger partial charge in [-0.15, -0.1) is 0 Å². The molecule has 2 aliphatic rings. The first-order valence-electron chi connectivity index (χ1n) is 7.77. The van der Waals surface area contributed by atoms with Crippen molar-refractivity contribution in [2.75, 3.05) is 24.6 Å². The van der Waals surface area contributed by atoms with Crippen molar-refractivity contribution in [2.45, 2.75) is 44.9 Å². The lowest BCUT2D eigenvalue weighted by molar-refractivity contribution is 0.0251. The summed E-state index contributed by atoms with van der Waals surface area (Å²) in [6.07, 6.45) is 3.12. The van der Waals surface area contributed by atoms with Crippen LogP contribution in [0.3, 0.4) is 0 Å². The van der Waals surface area contributed by atoms with Gasteiger partial charge in [0.2, 0.25) is 0 Å². The van der Waals surface area contributed by atoms with E-state index < -0.39 is 11.6 Å². The van der Waals surface area contributed by atoms with E-state index in [9.17, 15) is 8.78 Å². The van der Waals surface area contributed by atoms with Gasteiger partial charge in [-0.05, 0) is 43.5 Å². The summed E-state index contributed by atoms with van der Waals surface area (Å²) >= 11 is 0. The second-order valence-electron chi connectivity index (χ2n) is 5.79. The fraction of sp³-hybridized carbons (Fsp3) is 0.625. The molecule has 0 bridgehead atoms. The van der Waals surface area contributed by atoms with Crippen LogP contribution in [0, 0.1) is 11.6 Å². The fourth-order valence-corrected chi connectivity index (χ4v) is 3.47. The van der Waals surface area contributed by atoms with Crippen LogP contribution in [0.25, 0.3) is 0 Å². The number of hydrogen-bond acceptors (Lipinski definition) is 3. The third-order valence-corrected chi connectivity index (χ3v) is 4.43. The number of nitrogens with one attached hydrogen (secondary N) is 1. The van der Waals surface area contributed by atoms with Gasteiger partial charge in [0.25, 0.3) is 0 Å². The summed E-state index contributed by atoms with van der Waals surface area (Å²) in [7, 11) is 0. The van der Waals surface area contributed by atoms with E-state index in [0.717, 1.165) is 25.8 Å². The smallest absolute Gasteiger partial charge is 0.149 e. The van der Waals surface area contributed by atoms with Gasteiger partial charge in [0.05, 0.1) is 18.8 Å². The lowest BCUT2D eigenvalue weighted by atomic mass is 10.1. The number of halogens is 2. The van der Waals surface area contributed by atoms with E-state index >= 15 is 0 Å². The number of rotatable bonds is 4. The third kappa shape index (κ3) is 2.90. The Morgan fingerprint density at radius 2 is 2.05 bits per heavy atom. The first-order valence-corrected chi connectivity index (χ1v) is 7.77. The molecule has 1 saturated heterocycles. The Kier molecular flexibility index (Phi) is 4.40. The summed E-state index contributed by atoms with van der Waals surface area (Å²) in [5, 5.41) is 3.09. The summed E-state index contributed by atoms with van der Waals surface area (Å²) in [4.78, 5) is 1.88. The number of ether oxygens (including phenoxy) is 1. The first kappa shape index (κ1) is 14.7. The number of benzene rings is 1. The van der Waals surface area contributed by atoms with E-state index in [4.69, 9.17) is 4.74 Å². The average molecular weight is 296 g/mol. The molecular formula is C16H22F2N2O. The van der Waals surface area contributed by atoms with Crippen molar-refractivity contribution >= 4 is 5.69 Å². The Morgan fingerprint density at radius 3 is 2.76 bits per heavy atom. The topological polar surface area (TPSA) is 24.5 Å². The maximum absolute atomic E-state index is 14.4. The van der Waals surface area contributed by atoms with Gasteiger partial charge in [-0.1, -0.05) is 6.92 Å². The van der Waals surface area contributed by atoms with E-state index in [2.05, 4.69) is 5.32 Å². The van der Waals surface area contributed by atoms with Crippen LogP contribution in [0.1, 0.15) is 31.7 Å². The van der Waals surface area contributed by atoms with Crippen molar-refractivity contribution in [2.24, 2.45) is 0 Å². The minimum Gasteiger partial charge on any atom is -0.374 e. The Morgan fingerprint density at radius 1 is 1.29 bits per heavy atom. The molecule has 0 amide bonds. The molecule has 1 N–H and O–H groups in total. The van der Waals surface area contributed by atoms with Crippen LogP contribution in [-0.4, -0.2) is 31.8 Å². The monoisotopic (exact) mass is 296 g/mol. The largest absolute Gasteiger partial charge is 0.374 e. The molecule has 1 heterocycles. The maximum Gasteiger partial charge on any atom is 0.149 e. The number of hydrogen-bond donors (Lipinski definition) is 1. The van der Waals surface area contributed by atoms with Crippen molar-refractivity contribution in [1.29, 1.82) is 0 Å². The van der Waals surface area contributed by atoms with Gasteiger partial charge in [0.15, 0.2) is 0 Å². The molecule has 2 unspecified atom stereocenters. The zero-order chi connectivity index (χ0) is 14.8. The molecule has 3 nitrogen and oxygen atoms in total. The zero-order valence-electron chi connectivity index (χ0n) is 12.4. The van der Waals surface area contributed by atoms with Gasteiger partial charge < -0.3 is 15.0 Å². The summed E-state index contributed by atoms with van der Waals surface area (Å²) in [5.74, 6) is -0.925. The molecule has 21 heavy (non-hydrogen) atoms. The van der Waals surface area contributed by atoms with Crippen LogP contribution in [0.15, 0.2) is 12.1 Å². The van der Waals surface area contributed by atoms with Crippen LogP contribution in [0.4, 0.5) is 14.5 Å². The van der Waals surface area contributed by atoms with Crippen LogP contribution >= 0.6 is 0 Å². The Bertz CT molecular complexity index is 486. The summed E-state index contributed by atoms with van der Waals surface area (Å²) in [5.41, 5.74) is 0.766. The minimum absolute atomic E-state index is 0.113. The van der Waals surface area contributed by atoms with Crippen molar-refractivity contribution < 1.29 is 13.5 Å². The van der Waals surface area contributed by atoms with E-state index in [1.54, 1.807) is 0 Å². The number of anilines is 1. The molecule has 3 rings (SSSR count). The molecule has 1 aliphatic heterocycles. The van der Waals surface area contributed by atoms with E-state index in [1.165, 1.54) is 12.1 Å². The van der Waals surface area contributed by atoms with Crippen molar-refractivity contribution in [1.82, 2.24) is 5.32 Å². The lowest BCUT2D eigenvalue weighted by Crippen LogP contribution is -2.49. The second kappa shape index (κ2) is 6.28. The van der Waals surface area contributed by atoms with E-state index in [0.29, 0.717) is 25.3 Å². The fourth-order valence-electron chi connectivity index (χ4n) is 3.47. The highest BCUT2D eigenvalue weighted by Gasteiger charge is 2.38. The normalized spacial score (nSPS) is 25.2. The van der Waals surface area contributed by atoms with Crippen LogP contribution in [0.5, 0.6) is 0 Å². The molecule has 1 saturated carbocycles. The summed E-state index contributed by atoms with van der Waals surface area (Å²) in [6, 6.07) is 3.00. The Hall–Kier alpha value is -1.20. The summed E-state index contributed by atoms with van der Waals surface area (Å²) in [6.45, 7) is 4.33. The van der Waals surface area contributed by atoms with Gasteiger partial charge >= 0.3 is 0 Å². The third-order valence-electron chi connectivity index (χ3n) is 4.43. The SMILES string of the molecule is CCNCc1cc(F)c(N2CCOC3CCCC32)c(F)c1. The van der Waals surface area contributed by atoms with Gasteiger partial charge in [-0.2, -0.15) is 0 Å². The number of nitrogens with zero attached hydrogens (tertiary/aromatic N) is 1. The Labute approximate surface area is 124 Å². The molecule has 2 fully saturated rings. The Balaban J connectivity index is 1.87. The standard InChI is InChI=1S/C16H22F2N2O/c1-2-19-10-11-8-12(17)16(13(18)9-11)20-6-7-21-15-5-3-4-14(15)20/h8-9,14-15,19H,2-7,10H2,1H3. The minimum atomic E-state index is -0.463. The molecule has 0 radical (unpaired) electrons. The molecule has 1 aromatic rings. The van der Waals surface area contributed by atoms with Crippen molar-refractivity contribution in [3.8, 4) is 0 Å². The van der Waals surface area contributed by atoms with Gasteiger partial charge in [0.1, 0.15) is 17.3 Å². The lowest BCUT2D eigenvalue weighted by Gasteiger charge is -2.39. The summed E-state index contributed by atoms with van der Waals surface area (Å²) < 4.78 is 34.6. The predicted octanol–water partition coefficient (Wildman–Crippen LogP) is 2.83. The highest BCUT2D eigenvalue weighted by molar-refractivity contribution is 5.52. The highest BCUT2D eigenvalue weighted by atomic mass is 19.1. The van der Waals surface area contributed by atoms with Crippen molar-refractivity contribution in [3.63, 3.8) is 0 Å². The van der Waals surface area contributed by atoms with Gasteiger partial charge in [0, 0.05) is 13.1 Å². The van der Waals surface area contributed by atoms with Gasteiger partial charge in [-0.25, -0.2) is 8.78 Å². The van der Waals surface area contributed by atoms with Crippen molar-refractivity contribution in [3.05, 3.63) is 29.3 Å². The van der Waals surface area contributed by atoms with Crippen LogP contribution in [-0.2, 0) is 11.3 Å². The van der Waals surface area contributed by atoms with Gasteiger partial charge in [-0.3, -0.25) is 0 Å². The molecule has 2 atom stereocenters. The van der Waals surface area contributed by atoms with Crippen LogP contribution < -0.4 is 10.2 Å². The number of morpholine rings is 1. The average Bonchev–Trinajstić information content (AvgIpc) is 2.93. The second-order valence-corrected chi connectivity index (χ2v) is 5.79. The first-order chi connectivity index (χ1) is 10.2. The number of fused-ring (bicyclic) bond motifs is 1. The predicted molar refractivity (Wildman–Crippen MR) is 78.5 cm³/mol. The molecular weight excluding hydrogens is 274 g/mol. The molecule has 0 aromatic heterocycles. The maximum atomic E-state index is 14.4.